The summed E-state index contributed by atoms with van der Waals surface area (Å²) in [6, 6.07) is 2.15. The number of Topliss-reactive ketones (excluding diaryl/α,β-unsaturated/α-hetero) is 1. The van der Waals surface area contributed by atoms with E-state index in [1.807, 2.05) is 0 Å². The van der Waals surface area contributed by atoms with Crippen molar-refractivity contribution in [3.8, 4) is 0 Å². The van der Waals surface area contributed by atoms with Crippen LogP contribution in [0, 0.1) is 11.6 Å². The van der Waals surface area contributed by atoms with Gasteiger partial charge in [0.2, 0.25) is 0 Å². The van der Waals surface area contributed by atoms with Gasteiger partial charge in [-0.2, -0.15) is 0 Å². The normalized spacial score (nSPS) is 10.5. The lowest BCUT2D eigenvalue weighted by Gasteiger charge is -2.04. The van der Waals surface area contributed by atoms with Gasteiger partial charge in [0.05, 0.1) is 5.56 Å². The molecule has 0 fully saturated rings. The molecular formula is C11H11BrF2O2. The minimum atomic E-state index is -0.839. The van der Waals surface area contributed by atoms with Gasteiger partial charge in [0.1, 0.15) is 11.6 Å². The first-order valence-corrected chi connectivity index (χ1v) is 5.52. The van der Waals surface area contributed by atoms with E-state index in [1.54, 1.807) is 0 Å². The molecule has 0 unspecified atom stereocenters. The highest BCUT2D eigenvalue weighted by molar-refractivity contribution is 9.10. The van der Waals surface area contributed by atoms with Crippen LogP contribution in [-0.4, -0.2) is 19.5 Å². The number of benzene rings is 1. The molecule has 0 aliphatic rings. The van der Waals surface area contributed by atoms with Crippen molar-refractivity contribution in [2.45, 2.75) is 12.8 Å². The number of hydrogen-bond donors (Lipinski definition) is 0. The third-order valence-electron chi connectivity index (χ3n) is 2.04. The molecule has 0 amide bonds. The predicted octanol–water partition coefficient (Wildman–Crippen LogP) is 3.34. The van der Waals surface area contributed by atoms with Crippen LogP contribution in [0.25, 0.3) is 0 Å². The van der Waals surface area contributed by atoms with Crippen LogP contribution in [0.5, 0.6) is 0 Å². The number of carbonyl (C=O) groups is 1. The maximum atomic E-state index is 13.3. The minimum Gasteiger partial charge on any atom is -0.385 e. The standard InChI is InChI=1S/C11H11BrF2O2/c1-16-4-2-3-10(15)11-8(13)5-7(12)6-9(11)14/h5-6H,2-4H2,1H3. The van der Waals surface area contributed by atoms with Gasteiger partial charge in [-0.3, -0.25) is 4.79 Å². The molecule has 88 valence electrons. The summed E-state index contributed by atoms with van der Waals surface area (Å²) in [5, 5.41) is 0. The number of rotatable bonds is 5. The zero-order valence-corrected chi connectivity index (χ0v) is 10.3. The third kappa shape index (κ3) is 3.35. The van der Waals surface area contributed by atoms with E-state index in [9.17, 15) is 13.6 Å². The topological polar surface area (TPSA) is 26.3 Å². The molecule has 0 aromatic heterocycles. The van der Waals surface area contributed by atoms with Crippen molar-refractivity contribution in [2.24, 2.45) is 0 Å². The average Bonchev–Trinajstić information content (AvgIpc) is 2.16. The molecule has 1 rings (SSSR count). The van der Waals surface area contributed by atoms with Crippen LogP contribution in [-0.2, 0) is 4.74 Å². The lowest BCUT2D eigenvalue weighted by molar-refractivity contribution is 0.0955. The molecule has 16 heavy (non-hydrogen) atoms. The number of hydrogen-bond acceptors (Lipinski definition) is 2. The first-order valence-electron chi connectivity index (χ1n) is 4.73. The Labute approximate surface area is 101 Å². The van der Waals surface area contributed by atoms with Gasteiger partial charge < -0.3 is 4.74 Å². The summed E-state index contributed by atoms with van der Waals surface area (Å²) in [6.45, 7) is 0.394. The lowest BCUT2D eigenvalue weighted by Crippen LogP contribution is -2.07. The van der Waals surface area contributed by atoms with Crippen molar-refractivity contribution in [1.82, 2.24) is 0 Å². The summed E-state index contributed by atoms with van der Waals surface area (Å²) in [6.07, 6.45) is 0.521. The van der Waals surface area contributed by atoms with Crippen LogP contribution < -0.4 is 0 Å². The lowest BCUT2D eigenvalue weighted by atomic mass is 10.1. The molecule has 0 spiro atoms. The van der Waals surface area contributed by atoms with E-state index < -0.39 is 23.0 Å². The van der Waals surface area contributed by atoms with Gasteiger partial charge in [-0.25, -0.2) is 8.78 Å². The second kappa shape index (κ2) is 6.06. The van der Waals surface area contributed by atoms with Crippen molar-refractivity contribution in [3.63, 3.8) is 0 Å². The number of ether oxygens (including phenoxy) is 1. The van der Waals surface area contributed by atoms with E-state index >= 15 is 0 Å². The molecule has 0 N–H and O–H groups in total. The molecule has 0 aliphatic carbocycles. The second-order valence-electron chi connectivity index (χ2n) is 3.26. The van der Waals surface area contributed by atoms with Crippen LogP contribution in [0.1, 0.15) is 23.2 Å². The summed E-state index contributed by atoms with van der Waals surface area (Å²) in [5.74, 6) is -2.22. The summed E-state index contributed by atoms with van der Waals surface area (Å²) in [4.78, 5) is 11.5. The van der Waals surface area contributed by atoms with Gasteiger partial charge >= 0.3 is 0 Å². The number of ketones is 1. The minimum absolute atomic E-state index is 0.0727. The molecule has 0 atom stereocenters. The molecule has 0 saturated heterocycles. The predicted molar refractivity (Wildman–Crippen MR) is 59.5 cm³/mol. The van der Waals surface area contributed by atoms with E-state index in [2.05, 4.69) is 15.9 Å². The first-order chi connectivity index (χ1) is 7.56. The largest absolute Gasteiger partial charge is 0.385 e. The van der Waals surface area contributed by atoms with Gasteiger partial charge in [-0.1, -0.05) is 15.9 Å². The molecular weight excluding hydrogens is 282 g/mol. The molecule has 0 saturated carbocycles. The smallest absolute Gasteiger partial charge is 0.168 e. The number of carbonyl (C=O) groups excluding carboxylic acids is 1. The highest BCUT2D eigenvalue weighted by atomic mass is 79.9. The molecule has 0 bridgehead atoms. The Morgan fingerprint density at radius 3 is 2.44 bits per heavy atom. The van der Waals surface area contributed by atoms with E-state index in [1.165, 1.54) is 7.11 Å². The Bertz CT molecular complexity index is 371. The Balaban J connectivity index is 2.83. The van der Waals surface area contributed by atoms with E-state index in [0.717, 1.165) is 12.1 Å². The second-order valence-corrected chi connectivity index (χ2v) is 4.18. The Kier molecular flexibility index (Phi) is 5.02. The zero-order valence-electron chi connectivity index (χ0n) is 8.73. The maximum Gasteiger partial charge on any atom is 0.168 e. The third-order valence-corrected chi connectivity index (χ3v) is 2.50. The van der Waals surface area contributed by atoms with E-state index in [0.29, 0.717) is 13.0 Å². The molecule has 1 aromatic carbocycles. The van der Waals surface area contributed by atoms with Crippen molar-refractivity contribution in [3.05, 3.63) is 33.8 Å². The quantitative estimate of drug-likeness (QED) is 0.615. The van der Waals surface area contributed by atoms with E-state index in [-0.39, 0.29) is 10.9 Å². The Hall–Kier alpha value is -0.810. The van der Waals surface area contributed by atoms with Crippen LogP contribution in [0.4, 0.5) is 8.78 Å². The van der Waals surface area contributed by atoms with Crippen LogP contribution in [0.3, 0.4) is 0 Å². The molecule has 0 aliphatic heterocycles. The fourth-order valence-corrected chi connectivity index (χ4v) is 1.71. The highest BCUT2D eigenvalue weighted by Crippen LogP contribution is 2.21. The monoisotopic (exact) mass is 292 g/mol. The van der Waals surface area contributed by atoms with Crippen LogP contribution in [0.15, 0.2) is 16.6 Å². The summed E-state index contributed by atoms with van der Waals surface area (Å²) in [5.41, 5.74) is -0.473. The molecule has 5 heteroatoms. The average molecular weight is 293 g/mol. The SMILES string of the molecule is COCCCC(=O)c1c(F)cc(Br)cc1F. The van der Waals surface area contributed by atoms with Crippen molar-refractivity contribution < 1.29 is 18.3 Å². The van der Waals surface area contributed by atoms with Gasteiger partial charge in [0.25, 0.3) is 0 Å². The molecule has 1 aromatic rings. The first kappa shape index (κ1) is 13.3. The van der Waals surface area contributed by atoms with Gasteiger partial charge in [-0.05, 0) is 18.6 Å². The fraction of sp³-hybridized carbons (Fsp3) is 0.364. The van der Waals surface area contributed by atoms with Crippen molar-refractivity contribution >= 4 is 21.7 Å². The molecule has 2 nitrogen and oxygen atoms in total. The Morgan fingerprint density at radius 1 is 1.38 bits per heavy atom. The maximum absolute atomic E-state index is 13.3. The van der Waals surface area contributed by atoms with E-state index in [4.69, 9.17) is 4.74 Å². The number of halogens is 3. The van der Waals surface area contributed by atoms with Crippen LogP contribution >= 0.6 is 15.9 Å². The Morgan fingerprint density at radius 2 is 1.94 bits per heavy atom. The summed E-state index contributed by atoms with van der Waals surface area (Å²) >= 11 is 2.95. The fourth-order valence-electron chi connectivity index (χ4n) is 1.31. The van der Waals surface area contributed by atoms with Gasteiger partial charge in [0, 0.05) is 24.6 Å². The summed E-state index contributed by atoms with van der Waals surface area (Å²) in [7, 11) is 1.51. The highest BCUT2D eigenvalue weighted by Gasteiger charge is 2.17. The number of methoxy groups -OCH3 is 1. The van der Waals surface area contributed by atoms with Gasteiger partial charge in [0.15, 0.2) is 5.78 Å². The van der Waals surface area contributed by atoms with Crippen LogP contribution in [0.2, 0.25) is 0 Å². The van der Waals surface area contributed by atoms with Crippen molar-refractivity contribution in [1.29, 1.82) is 0 Å². The molecule has 0 radical (unpaired) electrons. The molecule has 0 heterocycles. The van der Waals surface area contributed by atoms with Gasteiger partial charge in [-0.15, -0.1) is 0 Å². The van der Waals surface area contributed by atoms with Crippen molar-refractivity contribution in [2.75, 3.05) is 13.7 Å². The summed E-state index contributed by atoms with van der Waals surface area (Å²) < 4.78 is 31.7. The zero-order chi connectivity index (χ0) is 12.1.